The van der Waals surface area contributed by atoms with Crippen molar-refractivity contribution in [1.29, 1.82) is 0 Å². The summed E-state index contributed by atoms with van der Waals surface area (Å²) < 4.78 is 2.11. The van der Waals surface area contributed by atoms with E-state index >= 15 is 0 Å². The molecule has 0 fully saturated rings. The zero-order valence-corrected chi connectivity index (χ0v) is 13.4. The van der Waals surface area contributed by atoms with Crippen molar-refractivity contribution in [2.45, 2.75) is 13.3 Å². The Bertz CT molecular complexity index is 805. The van der Waals surface area contributed by atoms with E-state index in [0.717, 1.165) is 11.3 Å². The van der Waals surface area contributed by atoms with Crippen molar-refractivity contribution in [2.24, 2.45) is 7.05 Å². The van der Waals surface area contributed by atoms with Crippen molar-refractivity contribution in [1.82, 2.24) is 14.9 Å². The summed E-state index contributed by atoms with van der Waals surface area (Å²) in [5, 5.41) is 7.48. The van der Waals surface area contributed by atoms with Crippen LogP contribution in [0.25, 0.3) is 10.9 Å². The minimum absolute atomic E-state index is 0.213. The summed E-state index contributed by atoms with van der Waals surface area (Å²) >= 11 is 1.46. The number of carbonyl (C=O) groups is 1. The highest BCUT2D eigenvalue weighted by Crippen LogP contribution is 2.20. The fourth-order valence-electron chi connectivity index (χ4n) is 2.49. The molecule has 3 aromatic rings. The number of nitrogens with one attached hydrogen (secondary N) is 2. The molecule has 0 saturated heterocycles. The molecule has 0 aliphatic rings. The van der Waals surface area contributed by atoms with Crippen LogP contribution in [0, 0.1) is 6.92 Å². The van der Waals surface area contributed by atoms with Gasteiger partial charge in [-0.25, -0.2) is 9.78 Å². The Morgan fingerprint density at radius 3 is 2.95 bits per heavy atom. The molecule has 3 rings (SSSR count). The first-order valence-corrected chi connectivity index (χ1v) is 7.95. The minimum atomic E-state index is -0.213. The Labute approximate surface area is 133 Å². The first-order chi connectivity index (χ1) is 10.6. The van der Waals surface area contributed by atoms with Crippen molar-refractivity contribution in [3.05, 3.63) is 47.1 Å². The lowest BCUT2D eigenvalue weighted by Crippen LogP contribution is -2.30. The van der Waals surface area contributed by atoms with Crippen molar-refractivity contribution in [3.8, 4) is 0 Å². The van der Waals surface area contributed by atoms with Crippen LogP contribution in [-0.2, 0) is 13.5 Å². The number of carbonyl (C=O) groups excluding carboxylic acids is 1. The van der Waals surface area contributed by atoms with Crippen molar-refractivity contribution in [3.63, 3.8) is 0 Å². The zero-order valence-electron chi connectivity index (χ0n) is 12.6. The average molecular weight is 314 g/mol. The molecule has 2 amide bonds. The number of rotatable bonds is 4. The van der Waals surface area contributed by atoms with E-state index in [0.29, 0.717) is 11.7 Å². The second-order valence-electron chi connectivity index (χ2n) is 5.19. The SMILES string of the molecule is Cc1cnc(NC(=O)NCCc2cn(C)c3ccccc23)s1. The Morgan fingerprint density at radius 1 is 1.36 bits per heavy atom. The molecule has 0 unspecified atom stereocenters. The fraction of sp³-hybridized carbons (Fsp3) is 0.250. The largest absolute Gasteiger partial charge is 0.350 e. The summed E-state index contributed by atoms with van der Waals surface area (Å²) in [7, 11) is 2.04. The van der Waals surface area contributed by atoms with E-state index < -0.39 is 0 Å². The van der Waals surface area contributed by atoms with Crippen LogP contribution in [0.2, 0.25) is 0 Å². The molecule has 1 aromatic carbocycles. The molecule has 0 saturated carbocycles. The molecule has 0 aliphatic carbocycles. The van der Waals surface area contributed by atoms with Crippen LogP contribution in [0.4, 0.5) is 9.93 Å². The van der Waals surface area contributed by atoms with E-state index in [-0.39, 0.29) is 6.03 Å². The number of aromatic nitrogens is 2. The molecule has 0 aliphatic heterocycles. The molecule has 0 atom stereocenters. The molecule has 2 N–H and O–H groups in total. The van der Waals surface area contributed by atoms with E-state index in [4.69, 9.17) is 0 Å². The van der Waals surface area contributed by atoms with E-state index in [2.05, 4.69) is 38.5 Å². The summed E-state index contributed by atoms with van der Waals surface area (Å²) in [6.45, 7) is 2.55. The number of anilines is 1. The van der Waals surface area contributed by atoms with Gasteiger partial charge in [0.2, 0.25) is 0 Å². The van der Waals surface area contributed by atoms with Crippen LogP contribution >= 0.6 is 11.3 Å². The topological polar surface area (TPSA) is 59.0 Å². The molecule has 2 aromatic heterocycles. The molecular weight excluding hydrogens is 296 g/mol. The number of nitrogens with zero attached hydrogens (tertiary/aromatic N) is 2. The predicted octanol–water partition coefficient (Wildman–Crippen LogP) is 3.31. The van der Waals surface area contributed by atoms with Gasteiger partial charge >= 0.3 is 6.03 Å². The Hall–Kier alpha value is -2.34. The van der Waals surface area contributed by atoms with Crippen LogP contribution in [0.1, 0.15) is 10.4 Å². The smallest absolute Gasteiger partial charge is 0.321 e. The van der Waals surface area contributed by atoms with Gasteiger partial charge in [-0.3, -0.25) is 5.32 Å². The second kappa shape index (κ2) is 6.19. The van der Waals surface area contributed by atoms with E-state index in [1.165, 1.54) is 27.8 Å². The van der Waals surface area contributed by atoms with E-state index in [1.807, 2.05) is 26.1 Å². The third-order valence-electron chi connectivity index (χ3n) is 3.50. The quantitative estimate of drug-likeness (QED) is 0.776. The van der Waals surface area contributed by atoms with Gasteiger partial charge in [0, 0.05) is 41.8 Å². The van der Waals surface area contributed by atoms with Gasteiger partial charge in [0.25, 0.3) is 0 Å². The van der Waals surface area contributed by atoms with Gasteiger partial charge in [0.05, 0.1) is 0 Å². The maximum atomic E-state index is 11.8. The molecule has 2 heterocycles. The molecule has 5 nitrogen and oxygen atoms in total. The van der Waals surface area contributed by atoms with Crippen molar-refractivity contribution in [2.75, 3.05) is 11.9 Å². The predicted molar refractivity (Wildman–Crippen MR) is 90.5 cm³/mol. The highest BCUT2D eigenvalue weighted by molar-refractivity contribution is 7.15. The number of fused-ring (bicyclic) bond motifs is 1. The maximum absolute atomic E-state index is 11.8. The number of benzene rings is 1. The van der Waals surface area contributed by atoms with Gasteiger partial charge in [-0.05, 0) is 25.0 Å². The highest BCUT2D eigenvalue weighted by atomic mass is 32.1. The zero-order chi connectivity index (χ0) is 15.5. The number of thiazole rings is 1. The lowest BCUT2D eigenvalue weighted by Gasteiger charge is -2.04. The summed E-state index contributed by atoms with van der Waals surface area (Å²) in [6.07, 6.45) is 4.66. The monoisotopic (exact) mass is 314 g/mol. The first kappa shape index (κ1) is 14.6. The number of para-hydroxylation sites is 1. The molecule has 0 bridgehead atoms. The molecular formula is C16H18N4OS. The van der Waals surface area contributed by atoms with Crippen LogP contribution in [0.5, 0.6) is 0 Å². The number of hydrogen-bond donors (Lipinski definition) is 2. The lowest BCUT2D eigenvalue weighted by molar-refractivity contribution is 0.252. The van der Waals surface area contributed by atoms with Gasteiger partial charge in [-0.2, -0.15) is 0 Å². The number of hydrogen-bond acceptors (Lipinski definition) is 3. The number of urea groups is 1. The molecule has 22 heavy (non-hydrogen) atoms. The number of aryl methyl sites for hydroxylation is 2. The van der Waals surface area contributed by atoms with Crippen LogP contribution < -0.4 is 10.6 Å². The van der Waals surface area contributed by atoms with Crippen LogP contribution in [-0.4, -0.2) is 22.1 Å². The maximum Gasteiger partial charge on any atom is 0.321 e. The van der Waals surface area contributed by atoms with Gasteiger partial charge in [-0.15, -0.1) is 11.3 Å². The number of amides is 2. The molecule has 0 radical (unpaired) electrons. The summed E-state index contributed by atoms with van der Waals surface area (Å²) in [5.74, 6) is 0. The summed E-state index contributed by atoms with van der Waals surface area (Å²) in [4.78, 5) is 17.0. The minimum Gasteiger partial charge on any atom is -0.350 e. The van der Waals surface area contributed by atoms with Gasteiger partial charge in [-0.1, -0.05) is 18.2 Å². The normalized spacial score (nSPS) is 10.8. The Kier molecular flexibility index (Phi) is 4.11. The average Bonchev–Trinajstić information content (AvgIpc) is 3.04. The lowest BCUT2D eigenvalue weighted by atomic mass is 10.1. The Morgan fingerprint density at radius 2 is 2.18 bits per heavy atom. The van der Waals surface area contributed by atoms with Gasteiger partial charge < -0.3 is 9.88 Å². The first-order valence-electron chi connectivity index (χ1n) is 7.14. The van der Waals surface area contributed by atoms with E-state index in [1.54, 1.807) is 6.20 Å². The van der Waals surface area contributed by atoms with Crippen molar-refractivity contribution >= 4 is 33.4 Å². The fourth-order valence-corrected chi connectivity index (χ4v) is 3.15. The van der Waals surface area contributed by atoms with Crippen LogP contribution in [0.3, 0.4) is 0 Å². The highest BCUT2D eigenvalue weighted by Gasteiger charge is 2.07. The van der Waals surface area contributed by atoms with E-state index in [9.17, 15) is 4.79 Å². The third kappa shape index (κ3) is 3.12. The second-order valence-corrected chi connectivity index (χ2v) is 6.42. The molecule has 0 spiro atoms. The molecule has 114 valence electrons. The van der Waals surface area contributed by atoms with Crippen molar-refractivity contribution < 1.29 is 4.79 Å². The third-order valence-corrected chi connectivity index (χ3v) is 4.33. The summed E-state index contributed by atoms with van der Waals surface area (Å²) in [5.41, 5.74) is 2.45. The summed E-state index contributed by atoms with van der Waals surface area (Å²) in [6, 6.07) is 8.08. The van der Waals surface area contributed by atoms with Crippen LogP contribution in [0.15, 0.2) is 36.7 Å². The Balaban J connectivity index is 1.57. The van der Waals surface area contributed by atoms with Gasteiger partial charge in [0.15, 0.2) is 5.13 Å². The standard InChI is InChI=1S/C16H18N4OS/c1-11-9-18-16(22-11)19-15(21)17-8-7-12-10-20(2)14-6-4-3-5-13(12)14/h3-6,9-10H,7-8H2,1-2H3,(H2,17,18,19,21). The van der Waals surface area contributed by atoms with Gasteiger partial charge in [0.1, 0.15) is 0 Å². The molecule has 6 heteroatoms.